The lowest BCUT2D eigenvalue weighted by Crippen LogP contribution is -2.19. The molecule has 1 aromatic carbocycles. The third kappa shape index (κ3) is 3.06. The summed E-state index contributed by atoms with van der Waals surface area (Å²) in [6.45, 7) is 3.49. The maximum atomic E-state index is 11.5. The third-order valence-electron chi connectivity index (χ3n) is 1.99. The van der Waals surface area contributed by atoms with Gasteiger partial charge < -0.3 is 10.4 Å². The number of carbonyl (C=O) groups is 2. The molecule has 86 valence electrons. The Kier molecular flexibility index (Phi) is 4.06. The van der Waals surface area contributed by atoms with Crippen LogP contribution in [0.3, 0.4) is 0 Å². The van der Waals surface area contributed by atoms with E-state index in [9.17, 15) is 9.59 Å². The number of amides is 1. The van der Waals surface area contributed by atoms with Crippen molar-refractivity contribution in [3.8, 4) is 0 Å². The van der Waals surface area contributed by atoms with E-state index in [1.54, 1.807) is 26.0 Å². The molecule has 0 aromatic heterocycles. The van der Waals surface area contributed by atoms with Crippen molar-refractivity contribution < 1.29 is 14.7 Å². The standard InChI is InChI=1S/C11H12BrNO3/c1-6(2)10(14)13-9-5-7(12)3-4-8(9)11(15)16/h3-6H,1-2H3,(H,13,14)(H,15,16). The molecule has 0 unspecified atom stereocenters. The fraction of sp³-hybridized carbons (Fsp3) is 0.273. The van der Waals surface area contributed by atoms with Gasteiger partial charge in [-0.15, -0.1) is 0 Å². The summed E-state index contributed by atoms with van der Waals surface area (Å²) < 4.78 is 0.719. The monoisotopic (exact) mass is 285 g/mol. The van der Waals surface area contributed by atoms with Crippen molar-refractivity contribution in [1.29, 1.82) is 0 Å². The van der Waals surface area contributed by atoms with Crippen molar-refractivity contribution in [2.45, 2.75) is 13.8 Å². The molecular formula is C11H12BrNO3. The Morgan fingerprint density at radius 3 is 2.50 bits per heavy atom. The second-order valence-electron chi connectivity index (χ2n) is 3.64. The van der Waals surface area contributed by atoms with Crippen LogP contribution in [0, 0.1) is 5.92 Å². The number of carboxylic acids is 1. The number of hydrogen-bond acceptors (Lipinski definition) is 2. The molecule has 0 aliphatic carbocycles. The predicted molar refractivity (Wildman–Crippen MR) is 64.6 cm³/mol. The van der Waals surface area contributed by atoms with Gasteiger partial charge in [0.15, 0.2) is 0 Å². The Morgan fingerprint density at radius 1 is 1.38 bits per heavy atom. The van der Waals surface area contributed by atoms with E-state index in [4.69, 9.17) is 5.11 Å². The van der Waals surface area contributed by atoms with Crippen molar-refractivity contribution >= 4 is 33.5 Å². The molecule has 0 aliphatic heterocycles. The van der Waals surface area contributed by atoms with Crippen molar-refractivity contribution in [3.05, 3.63) is 28.2 Å². The highest BCUT2D eigenvalue weighted by Crippen LogP contribution is 2.22. The predicted octanol–water partition coefficient (Wildman–Crippen LogP) is 2.74. The molecule has 0 radical (unpaired) electrons. The second kappa shape index (κ2) is 5.12. The maximum absolute atomic E-state index is 11.5. The van der Waals surface area contributed by atoms with Crippen LogP contribution in [-0.2, 0) is 4.79 Å². The number of halogens is 1. The molecule has 1 amide bonds. The van der Waals surface area contributed by atoms with E-state index in [2.05, 4.69) is 21.2 Å². The van der Waals surface area contributed by atoms with Crippen molar-refractivity contribution in [1.82, 2.24) is 0 Å². The zero-order valence-corrected chi connectivity index (χ0v) is 10.5. The summed E-state index contributed by atoms with van der Waals surface area (Å²) in [5.41, 5.74) is 0.387. The minimum absolute atomic E-state index is 0.0807. The zero-order chi connectivity index (χ0) is 12.3. The summed E-state index contributed by atoms with van der Waals surface area (Å²) >= 11 is 3.23. The molecule has 1 aromatic rings. The molecule has 0 aliphatic rings. The fourth-order valence-electron chi connectivity index (χ4n) is 1.08. The first-order valence-corrected chi connectivity index (χ1v) is 5.55. The number of nitrogens with one attached hydrogen (secondary N) is 1. The molecule has 0 saturated carbocycles. The van der Waals surface area contributed by atoms with Gasteiger partial charge in [-0.2, -0.15) is 0 Å². The van der Waals surface area contributed by atoms with Crippen LogP contribution in [0.25, 0.3) is 0 Å². The van der Waals surface area contributed by atoms with E-state index in [-0.39, 0.29) is 17.4 Å². The van der Waals surface area contributed by atoms with Gasteiger partial charge in [0, 0.05) is 10.4 Å². The molecule has 4 nitrogen and oxygen atoms in total. The van der Waals surface area contributed by atoms with Gasteiger partial charge in [-0.3, -0.25) is 4.79 Å². The highest BCUT2D eigenvalue weighted by atomic mass is 79.9. The molecular weight excluding hydrogens is 274 g/mol. The molecule has 0 spiro atoms. The average molecular weight is 286 g/mol. The smallest absolute Gasteiger partial charge is 0.337 e. The Balaban J connectivity index is 3.06. The topological polar surface area (TPSA) is 66.4 Å². The average Bonchev–Trinajstić information content (AvgIpc) is 2.16. The number of carboxylic acid groups (broad SMARTS) is 1. The summed E-state index contributed by atoms with van der Waals surface area (Å²) in [6.07, 6.45) is 0. The minimum atomic E-state index is -1.06. The van der Waals surface area contributed by atoms with Crippen LogP contribution in [-0.4, -0.2) is 17.0 Å². The molecule has 16 heavy (non-hydrogen) atoms. The van der Waals surface area contributed by atoms with E-state index in [0.29, 0.717) is 5.69 Å². The van der Waals surface area contributed by atoms with E-state index in [0.717, 1.165) is 4.47 Å². The molecule has 1 rings (SSSR count). The van der Waals surface area contributed by atoms with Crippen LogP contribution in [0.4, 0.5) is 5.69 Å². The first-order valence-electron chi connectivity index (χ1n) is 4.75. The quantitative estimate of drug-likeness (QED) is 0.897. The number of rotatable bonds is 3. The molecule has 0 saturated heterocycles. The lowest BCUT2D eigenvalue weighted by atomic mass is 10.1. The van der Waals surface area contributed by atoms with E-state index in [1.807, 2.05) is 0 Å². The van der Waals surface area contributed by atoms with Gasteiger partial charge >= 0.3 is 5.97 Å². The lowest BCUT2D eigenvalue weighted by Gasteiger charge is -2.10. The van der Waals surface area contributed by atoms with Gasteiger partial charge in [-0.1, -0.05) is 29.8 Å². The van der Waals surface area contributed by atoms with Crippen molar-refractivity contribution in [2.24, 2.45) is 5.92 Å². The van der Waals surface area contributed by atoms with E-state index in [1.165, 1.54) is 6.07 Å². The van der Waals surface area contributed by atoms with Gasteiger partial charge in [-0.25, -0.2) is 4.79 Å². The number of benzene rings is 1. The fourth-order valence-corrected chi connectivity index (χ4v) is 1.44. The van der Waals surface area contributed by atoms with E-state index < -0.39 is 5.97 Å². The first kappa shape index (κ1) is 12.7. The highest BCUT2D eigenvalue weighted by molar-refractivity contribution is 9.10. The van der Waals surface area contributed by atoms with Crippen LogP contribution < -0.4 is 5.32 Å². The maximum Gasteiger partial charge on any atom is 0.337 e. The summed E-state index contributed by atoms with van der Waals surface area (Å²) in [5, 5.41) is 11.5. The molecule has 0 fully saturated rings. The zero-order valence-electron chi connectivity index (χ0n) is 8.95. The van der Waals surface area contributed by atoms with Crippen LogP contribution in [0.2, 0.25) is 0 Å². The van der Waals surface area contributed by atoms with Gasteiger partial charge in [0.2, 0.25) is 5.91 Å². The molecule has 0 heterocycles. The number of carbonyl (C=O) groups excluding carboxylic acids is 1. The lowest BCUT2D eigenvalue weighted by molar-refractivity contribution is -0.118. The van der Waals surface area contributed by atoms with Crippen LogP contribution >= 0.6 is 15.9 Å². The Bertz CT molecular complexity index is 429. The molecule has 0 bridgehead atoms. The minimum Gasteiger partial charge on any atom is -0.478 e. The van der Waals surface area contributed by atoms with Gasteiger partial charge in [0.25, 0.3) is 0 Å². The van der Waals surface area contributed by atoms with Gasteiger partial charge in [-0.05, 0) is 18.2 Å². The van der Waals surface area contributed by atoms with E-state index >= 15 is 0 Å². The summed E-state index contributed by atoms with van der Waals surface area (Å²) in [5.74, 6) is -1.47. The first-order chi connectivity index (χ1) is 7.41. The highest BCUT2D eigenvalue weighted by Gasteiger charge is 2.14. The van der Waals surface area contributed by atoms with Crippen LogP contribution in [0.1, 0.15) is 24.2 Å². The van der Waals surface area contributed by atoms with Crippen molar-refractivity contribution in [3.63, 3.8) is 0 Å². The SMILES string of the molecule is CC(C)C(=O)Nc1cc(Br)ccc1C(=O)O. The number of anilines is 1. The van der Waals surface area contributed by atoms with Crippen LogP contribution in [0.15, 0.2) is 22.7 Å². The molecule has 0 atom stereocenters. The normalized spacial score (nSPS) is 10.2. The number of hydrogen-bond donors (Lipinski definition) is 2. The third-order valence-corrected chi connectivity index (χ3v) is 2.49. The van der Waals surface area contributed by atoms with Gasteiger partial charge in [0.1, 0.15) is 0 Å². The molecule has 5 heteroatoms. The summed E-state index contributed by atoms with van der Waals surface area (Å²) in [7, 11) is 0. The largest absolute Gasteiger partial charge is 0.478 e. The van der Waals surface area contributed by atoms with Gasteiger partial charge in [0.05, 0.1) is 11.3 Å². The van der Waals surface area contributed by atoms with Crippen LogP contribution in [0.5, 0.6) is 0 Å². The summed E-state index contributed by atoms with van der Waals surface area (Å²) in [4.78, 5) is 22.4. The Hall–Kier alpha value is -1.36. The Labute approximate surface area is 102 Å². The number of aromatic carboxylic acids is 1. The Morgan fingerprint density at radius 2 is 2.00 bits per heavy atom. The second-order valence-corrected chi connectivity index (χ2v) is 4.55. The van der Waals surface area contributed by atoms with Crippen molar-refractivity contribution in [2.75, 3.05) is 5.32 Å². The summed E-state index contributed by atoms with van der Waals surface area (Å²) in [6, 6.07) is 4.64. The molecule has 2 N–H and O–H groups in total.